The van der Waals surface area contributed by atoms with E-state index < -0.39 is 33.5 Å². The lowest BCUT2D eigenvalue weighted by atomic mass is 9.83. The number of nitrogens with two attached hydrogens (primary N) is 1. The van der Waals surface area contributed by atoms with E-state index in [1.807, 2.05) is 0 Å². The van der Waals surface area contributed by atoms with Gasteiger partial charge in [0.25, 0.3) is 0 Å². The Labute approximate surface area is 198 Å². The summed E-state index contributed by atoms with van der Waals surface area (Å²) in [6, 6.07) is 0.484. The second kappa shape index (κ2) is 10.5. The highest BCUT2D eigenvalue weighted by atomic mass is 32.2. The Morgan fingerprint density at radius 1 is 1.06 bits per heavy atom. The summed E-state index contributed by atoms with van der Waals surface area (Å²) in [4.78, 5) is 12.3. The summed E-state index contributed by atoms with van der Waals surface area (Å²) < 4.78 is 73.8. The van der Waals surface area contributed by atoms with Crippen molar-refractivity contribution in [2.75, 3.05) is 25.5 Å². The van der Waals surface area contributed by atoms with Gasteiger partial charge in [-0.15, -0.1) is 0 Å². The molecule has 0 spiro atoms. The maximum atomic E-state index is 14.1. The number of amides is 1. The van der Waals surface area contributed by atoms with Gasteiger partial charge in [0.15, 0.2) is 11.6 Å². The topological polar surface area (TPSA) is 102 Å². The number of sulfonamides is 1. The van der Waals surface area contributed by atoms with Gasteiger partial charge < -0.3 is 15.8 Å². The summed E-state index contributed by atoms with van der Waals surface area (Å²) in [5, 5.41) is 2.75. The summed E-state index contributed by atoms with van der Waals surface area (Å²) in [6.45, 7) is 1.14. The van der Waals surface area contributed by atoms with Gasteiger partial charge in [-0.25, -0.2) is 21.6 Å². The van der Waals surface area contributed by atoms with Crippen LogP contribution in [0.5, 0.6) is 0 Å². The van der Waals surface area contributed by atoms with Crippen molar-refractivity contribution in [3.05, 3.63) is 35.1 Å². The lowest BCUT2D eigenvalue weighted by molar-refractivity contribution is -0.127. The quantitative estimate of drug-likeness (QED) is 0.529. The molecule has 0 saturated carbocycles. The van der Waals surface area contributed by atoms with Crippen molar-refractivity contribution in [3.8, 4) is 0 Å². The van der Waals surface area contributed by atoms with Crippen LogP contribution in [0.4, 0.5) is 13.2 Å². The molecule has 7 nitrogen and oxygen atoms in total. The summed E-state index contributed by atoms with van der Waals surface area (Å²) in [6.07, 6.45) is 3.86. The number of ether oxygens (including phenoxy) is 1. The number of hydrogen-bond donors (Lipinski definition) is 2. The van der Waals surface area contributed by atoms with E-state index in [9.17, 15) is 26.4 Å². The number of piperidine rings is 1. The van der Waals surface area contributed by atoms with Gasteiger partial charge in [0, 0.05) is 49.9 Å². The summed E-state index contributed by atoms with van der Waals surface area (Å²) in [7, 11) is -3.57. The van der Waals surface area contributed by atoms with Gasteiger partial charge in [-0.05, 0) is 62.5 Å². The highest BCUT2D eigenvalue weighted by Crippen LogP contribution is 2.42. The Bertz CT molecular complexity index is 989. The first-order valence-corrected chi connectivity index (χ1v) is 13.5. The molecule has 3 saturated heterocycles. The highest BCUT2D eigenvalue weighted by Gasteiger charge is 2.47. The Kier molecular flexibility index (Phi) is 7.85. The lowest BCUT2D eigenvalue weighted by Crippen LogP contribution is -2.51. The zero-order valence-corrected chi connectivity index (χ0v) is 19.8. The lowest BCUT2D eigenvalue weighted by Gasteiger charge is -2.40. The molecule has 1 aromatic carbocycles. The van der Waals surface area contributed by atoms with Crippen LogP contribution in [0.15, 0.2) is 12.1 Å². The fraction of sp³-hybridized carbons (Fsp3) is 0.696. The average Bonchev–Trinajstić information content (AvgIpc) is 3.09. The minimum atomic E-state index is -3.57. The molecule has 1 amide bonds. The third-order valence-corrected chi connectivity index (χ3v) is 9.38. The van der Waals surface area contributed by atoms with Crippen LogP contribution in [0.3, 0.4) is 0 Å². The van der Waals surface area contributed by atoms with Crippen molar-refractivity contribution in [1.82, 2.24) is 9.62 Å². The number of carbonyl (C=O) groups is 1. The Balaban J connectivity index is 1.32. The molecule has 1 aromatic rings. The van der Waals surface area contributed by atoms with Crippen molar-refractivity contribution >= 4 is 15.9 Å². The first-order valence-electron chi connectivity index (χ1n) is 11.9. The number of rotatable bonds is 8. The monoisotopic (exact) mass is 503 g/mol. The van der Waals surface area contributed by atoms with Crippen molar-refractivity contribution in [2.45, 2.75) is 63.1 Å². The van der Waals surface area contributed by atoms with E-state index in [0.717, 1.165) is 18.9 Å². The van der Waals surface area contributed by atoms with Crippen LogP contribution in [0.25, 0.3) is 0 Å². The predicted octanol–water partition coefficient (Wildman–Crippen LogP) is 2.09. The van der Waals surface area contributed by atoms with E-state index in [2.05, 4.69) is 5.32 Å². The van der Waals surface area contributed by atoms with Gasteiger partial charge in [-0.1, -0.05) is 0 Å². The fourth-order valence-corrected chi connectivity index (χ4v) is 7.50. The van der Waals surface area contributed by atoms with E-state index in [4.69, 9.17) is 10.5 Å². The normalized spacial score (nSPS) is 27.0. The molecule has 0 radical (unpaired) electrons. The maximum Gasteiger partial charge on any atom is 0.223 e. The summed E-state index contributed by atoms with van der Waals surface area (Å²) >= 11 is 0. The minimum Gasteiger partial charge on any atom is -0.381 e. The number of hydrogen-bond acceptors (Lipinski definition) is 5. The predicted molar refractivity (Wildman–Crippen MR) is 120 cm³/mol. The first-order chi connectivity index (χ1) is 16.2. The van der Waals surface area contributed by atoms with Crippen LogP contribution < -0.4 is 11.1 Å². The van der Waals surface area contributed by atoms with Crippen molar-refractivity contribution in [1.29, 1.82) is 0 Å². The fourth-order valence-electron chi connectivity index (χ4n) is 5.63. The van der Waals surface area contributed by atoms with Crippen LogP contribution in [0, 0.1) is 29.3 Å². The standard InChI is InChI=1S/C23H32F3N3O4S/c24-19-13-21(26)20(25)11-15(19)12-22(27)16-9-17-1-2-18(10-16)29(17)34(31,32)8-5-28-23(30)14-3-6-33-7-4-14/h11,13-14,16-18,22H,1-10,12,27H2,(H,28,30)/t16?,17?,18?,22-/m1/s1. The Morgan fingerprint density at radius 2 is 1.68 bits per heavy atom. The molecule has 0 aliphatic carbocycles. The van der Waals surface area contributed by atoms with Crippen LogP contribution in [-0.2, 0) is 26.0 Å². The molecular formula is C23H32F3N3O4S. The van der Waals surface area contributed by atoms with Gasteiger partial charge >= 0.3 is 0 Å². The molecular weight excluding hydrogens is 471 g/mol. The van der Waals surface area contributed by atoms with E-state index >= 15 is 0 Å². The van der Waals surface area contributed by atoms with Crippen LogP contribution in [-0.4, -0.2) is 62.3 Å². The van der Waals surface area contributed by atoms with Gasteiger partial charge in [-0.3, -0.25) is 4.79 Å². The van der Waals surface area contributed by atoms with Gasteiger partial charge in [0.1, 0.15) is 5.82 Å². The zero-order valence-electron chi connectivity index (χ0n) is 19.0. The molecule has 2 unspecified atom stereocenters. The van der Waals surface area contributed by atoms with Crippen molar-refractivity contribution in [3.63, 3.8) is 0 Å². The molecule has 3 fully saturated rings. The SMILES string of the molecule is N[C@H](Cc1cc(F)c(F)cc1F)C1CC2CCC(C1)N2S(=O)(=O)CCNC(=O)C1CCOCC1. The third kappa shape index (κ3) is 5.58. The van der Waals surface area contributed by atoms with E-state index in [-0.39, 0.29) is 54.1 Å². The number of nitrogens with one attached hydrogen (secondary N) is 1. The van der Waals surface area contributed by atoms with Gasteiger partial charge in [0.05, 0.1) is 5.75 Å². The van der Waals surface area contributed by atoms with Crippen molar-refractivity contribution in [2.24, 2.45) is 17.6 Å². The largest absolute Gasteiger partial charge is 0.381 e. The maximum absolute atomic E-state index is 14.1. The average molecular weight is 504 g/mol. The molecule has 190 valence electrons. The molecule has 3 N–H and O–H groups in total. The number of halogens is 3. The Morgan fingerprint density at radius 3 is 2.32 bits per heavy atom. The molecule has 11 heteroatoms. The second-order valence-corrected chi connectivity index (χ2v) is 11.7. The molecule has 2 bridgehead atoms. The second-order valence-electron chi connectivity index (χ2n) is 9.67. The van der Waals surface area contributed by atoms with Crippen molar-refractivity contribution < 1.29 is 31.1 Å². The van der Waals surface area contributed by atoms with E-state index in [1.54, 1.807) is 4.31 Å². The minimum absolute atomic E-state index is 0.0223. The molecule has 4 rings (SSSR count). The molecule has 3 heterocycles. The summed E-state index contributed by atoms with van der Waals surface area (Å²) in [5.41, 5.74) is 6.34. The highest BCUT2D eigenvalue weighted by molar-refractivity contribution is 7.89. The van der Waals surface area contributed by atoms with Crippen LogP contribution in [0.1, 0.15) is 44.1 Å². The van der Waals surface area contributed by atoms with Crippen LogP contribution >= 0.6 is 0 Å². The molecule has 3 atom stereocenters. The molecule has 3 aliphatic heterocycles. The van der Waals surface area contributed by atoms with Gasteiger partial charge in [0.2, 0.25) is 15.9 Å². The smallest absolute Gasteiger partial charge is 0.223 e. The number of nitrogens with zero attached hydrogens (tertiary/aromatic N) is 1. The van der Waals surface area contributed by atoms with Crippen LogP contribution in [0.2, 0.25) is 0 Å². The number of carbonyl (C=O) groups excluding carboxylic acids is 1. The molecule has 34 heavy (non-hydrogen) atoms. The number of benzene rings is 1. The third-order valence-electron chi connectivity index (χ3n) is 7.43. The summed E-state index contributed by atoms with van der Waals surface area (Å²) in [5.74, 6) is -3.67. The first kappa shape index (κ1) is 25.4. The molecule has 0 aromatic heterocycles. The zero-order chi connectivity index (χ0) is 24.5. The van der Waals surface area contributed by atoms with E-state index in [1.165, 1.54) is 0 Å². The van der Waals surface area contributed by atoms with Gasteiger partial charge in [-0.2, -0.15) is 4.31 Å². The Hall–Kier alpha value is -1.69. The van der Waals surface area contributed by atoms with E-state index in [0.29, 0.717) is 45.0 Å². The molecule has 3 aliphatic rings. The number of fused-ring (bicyclic) bond motifs is 2.